The summed E-state index contributed by atoms with van der Waals surface area (Å²) in [6.07, 6.45) is 11.8. The van der Waals surface area contributed by atoms with Crippen LogP contribution in [0.15, 0.2) is 97.1 Å². The van der Waals surface area contributed by atoms with Gasteiger partial charge in [0.25, 0.3) is 0 Å². The number of unbranched alkanes of at least 4 members (excludes halogenated alkanes) is 5. The van der Waals surface area contributed by atoms with Crippen LogP contribution in [0.4, 0.5) is 4.39 Å². The second-order valence-corrected chi connectivity index (χ2v) is 17.0. The van der Waals surface area contributed by atoms with Crippen LogP contribution in [0.3, 0.4) is 0 Å². The number of rotatable bonds is 14. The third-order valence-corrected chi connectivity index (χ3v) is 9.04. The number of hydrogen-bond acceptors (Lipinski definition) is 1. The molecule has 0 aliphatic rings. The Balaban J connectivity index is -0.000000309. The van der Waals surface area contributed by atoms with E-state index in [1.807, 2.05) is 58.0 Å². The maximum absolute atomic E-state index is 13.1. The summed E-state index contributed by atoms with van der Waals surface area (Å²) in [6.45, 7) is 39.7. The summed E-state index contributed by atoms with van der Waals surface area (Å²) in [4.78, 5) is 0. The van der Waals surface area contributed by atoms with E-state index >= 15 is 0 Å². The van der Waals surface area contributed by atoms with Crippen molar-refractivity contribution in [1.82, 2.24) is 0 Å². The molecule has 0 heterocycles. The molecule has 0 aromatic heterocycles. The van der Waals surface area contributed by atoms with Crippen LogP contribution in [-0.2, 0) is 4.74 Å². The minimum Gasteiger partial charge on any atom is -0.381 e. The number of halogens is 1. The zero-order valence-corrected chi connectivity index (χ0v) is 46.1. The van der Waals surface area contributed by atoms with Gasteiger partial charge in [-0.3, -0.25) is 0 Å². The number of benzene rings is 4. The van der Waals surface area contributed by atoms with Gasteiger partial charge in [-0.15, -0.1) is 0 Å². The molecule has 60 heavy (non-hydrogen) atoms. The van der Waals surface area contributed by atoms with Gasteiger partial charge in [0.05, 0.1) is 0 Å². The summed E-state index contributed by atoms with van der Waals surface area (Å²) in [5.74, 6) is 2.92. The normalized spacial score (nSPS) is 9.92. The van der Waals surface area contributed by atoms with E-state index < -0.39 is 0 Å². The second-order valence-electron chi connectivity index (χ2n) is 17.0. The zero-order valence-electron chi connectivity index (χ0n) is 41.9. The van der Waals surface area contributed by atoms with Crippen molar-refractivity contribution in [3.63, 3.8) is 0 Å². The first kappa shape index (κ1) is 64.4. The average Bonchev–Trinajstić information content (AvgIpc) is 3.20. The Bertz CT molecular complexity index is 1360. The Morgan fingerprint density at radius 3 is 1.32 bits per heavy atom. The van der Waals surface area contributed by atoms with E-state index in [0.29, 0.717) is 17.8 Å². The Labute approximate surface area is 398 Å². The van der Waals surface area contributed by atoms with Crippen molar-refractivity contribution in [1.29, 1.82) is 0 Å². The smallest absolute Gasteiger partial charge is 0.381 e. The first-order chi connectivity index (χ1) is 28.0. The standard InChI is InChI=1S/C10H13F.C10H14.C9H12.C9H11.C8H18O.C8H18.C3H7.U/c1-7(2)9-5-4-8(3)6-10(9)11;1-8(2)10-6-4-9(3)5-7-10;2*1-8(2)9-6-4-3-5-7-9;1-4-6-9-7-5-8(2)3;1-3-5-7-8-6-4-2;1-3-2;/h4-7H,1-3H3;4-8H,1-3H3;3-8H,1-2H3;4-8H,1-2H3;8H,4-7H2,1-3H3;3-8H2,1-2H3;1,3H2,2H3;/q;;;-1;;;-1;+2. The Kier molecular flexibility index (Phi) is 48.2. The second kappa shape index (κ2) is 44.9. The Morgan fingerprint density at radius 1 is 0.533 bits per heavy atom. The first-order valence-electron chi connectivity index (χ1n) is 23.2. The van der Waals surface area contributed by atoms with Gasteiger partial charge in [0.1, 0.15) is 5.82 Å². The molecule has 3 heteroatoms. The molecular weight excluding hydrogens is 958 g/mol. The molecule has 0 bridgehead atoms. The van der Waals surface area contributed by atoms with Crippen LogP contribution in [0, 0.1) is 69.7 Å². The van der Waals surface area contributed by atoms with Gasteiger partial charge in [-0.05, 0) is 84.6 Å². The molecule has 0 fully saturated rings. The molecular formula is C57H93FOU. The summed E-state index contributed by atoms with van der Waals surface area (Å²) in [6, 6.07) is 35.7. The SMILES string of the molecule is CC(C)c1cc[c-]cc1.CC(C)c1ccccc1.CCCCCCCC.CCCOCCC(C)C.Cc1ccc(C(C)C)c(F)c1.Cc1ccc(C(C)C)cc1.[CH2-]CC.[U+2]. The van der Waals surface area contributed by atoms with E-state index in [0.717, 1.165) is 43.1 Å². The molecule has 0 atom stereocenters. The quantitative estimate of drug-likeness (QED) is 0.0903. The molecule has 4 aromatic rings. The van der Waals surface area contributed by atoms with Gasteiger partial charge in [-0.25, -0.2) is 4.39 Å². The minimum absolute atomic E-state index is 0. The third-order valence-electron chi connectivity index (χ3n) is 9.04. The van der Waals surface area contributed by atoms with Crippen LogP contribution in [0.2, 0.25) is 0 Å². The average molecular weight is 1050 g/mol. The van der Waals surface area contributed by atoms with Gasteiger partial charge >= 0.3 is 31.1 Å². The van der Waals surface area contributed by atoms with Crippen LogP contribution in [0.1, 0.15) is 212 Å². The largest absolute Gasteiger partial charge is 2.00 e. The van der Waals surface area contributed by atoms with E-state index in [9.17, 15) is 4.39 Å². The predicted molar refractivity (Wildman–Crippen MR) is 266 cm³/mol. The number of hydrogen-bond donors (Lipinski definition) is 0. The number of ether oxygens (including phenoxy) is 1. The zero-order chi connectivity index (χ0) is 45.4. The number of aryl methyl sites for hydroxylation is 2. The Morgan fingerprint density at radius 2 is 0.967 bits per heavy atom. The minimum atomic E-state index is -0.0833. The van der Waals surface area contributed by atoms with E-state index in [4.69, 9.17) is 4.74 Å². The summed E-state index contributed by atoms with van der Waals surface area (Å²) < 4.78 is 18.4. The molecule has 0 spiro atoms. The monoisotopic (exact) mass is 1050 g/mol. The van der Waals surface area contributed by atoms with Gasteiger partial charge in [0.2, 0.25) is 0 Å². The maximum Gasteiger partial charge on any atom is 2.00 e. The van der Waals surface area contributed by atoms with Crippen LogP contribution >= 0.6 is 0 Å². The topological polar surface area (TPSA) is 9.23 Å². The fourth-order valence-corrected chi connectivity index (χ4v) is 5.09. The van der Waals surface area contributed by atoms with Crippen LogP contribution < -0.4 is 0 Å². The molecule has 0 saturated carbocycles. The van der Waals surface area contributed by atoms with Crippen molar-refractivity contribution in [2.75, 3.05) is 13.2 Å². The molecule has 4 rings (SSSR count). The molecule has 0 N–H and O–H groups in total. The van der Waals surface area contributed by atoms with E-state index in [2.05, 4.69) is 157 Å². The van der Waals surface area contributed by atoms with Crippen molar-refractivity contribution in [3.05, 3.63) is 149 Å². The molecule has 0 aliphatic heterocycles. The van der Waals surface area contributed by atoms with Gasteiger partial charge in [0.15, 0.2) is 0 Å². The summed E-state index contributed by atoms with van der Waals surface area (Å²) in [5.41, 5.74) is 7.34. The molecule has 0 saturated heterocycles. The fourth-order valence-electron chi connectivity index (χ4n) is 5.09. The molecule has 0 amide bonds. The van der Waals surface area contributed by atoms with Crippen molar-refractivity contribution in [3.8, 4) is 0 Å². The fraction of sp³-hybridized carbons (Fsp3) is 0.561. The van der Waals surface area contributed by atoms with Crippen LogP contribution in [0.5, 0.6) is 0 Å². The maximum atomic E-state index is 13.1. The summed E-state index contributed by atoms with van der Waals surface area (Å²) in [5, 5.41) is 0. The van der Waals surface area contributed by atoms with Crippen molar-refractivity contribution in [2.24, 2.45) is 5.92 Å². The molecule has 0 radical (unpaired) electrons. The Hall–Kier alpha value is -2.18. The van der Waals surface area contributed by atoms with Crippen molar-refractivity contribution >= 4 is 0 Å². The van der Waals surface area contributed by atoms with Gasteiger partial charge in [0, 0.05) is 13.2 Å². The van der Waals surface area contributed by atoms with Crippen LogP contribution in [-0.4, -0.2) is 13.2 Å². The molecule has 0 unspecified atom stereocenters. The van der Waals surface area contributed by atoms with Crippen molar-refractivity contribution in [2.45, 2.75) is 192 Å². The van der Waals surface area contributed by atoms with Crippen molar-refractivity contribution < 1.29 is 40.2 Å². The van der Waals surface area contributed by atoms with E-state index in [1.54, 1.807) is 6.07 Å². The predicted octanol–water partition coefficient (Wildman–Crippen LogP) is 18.9. The van der Waals surface area contributed by atoms with Gasteiger partial charge in [-0.1, -0.05) is 208 Å². The van der Waals surface area contributed by atoms with Crippen LogP contribution in [0.25, 0.3) is 0 Å². The van der Waals surface area contributed by atoms with E-state index in [1.165, 1.54) is 67.2 Å². The summed E-state index contributed by atoms with van der Waals surface area (Å²) in [7, 11) is 0. The van der Waals surface area contributed by atoms with Gasteiger partial charge < -0.3 is 11.7 Å². The molecule has 1 nitrogen and oxygen atoms in total. The summed E-state index contributed by atoms with van der Waals surface area (Å²) >= 11 is 0. The molecule has 4 aromatic carbocycles. The van der Waals surface area contributed by atoms with E-state index in [-0.39, 0.29) is 42.8 Å². The van der Waals surface area contributed by atoms with Gasteiger partial charge in [-0.2, -0.15) is 42.3 Å². The molecule has 338 valence electrons. The first-order valence-corrected chi connectivity index (χ1v) is 23.2. The molecule has 0 aliphatic carbocycles. The third kappa shape index (κ3) is 41.2.